The van der Waals surface area contributed by atoms with Crippen LogP contribution < -0.4 is 10.2 Å². The maximum absolute atomic E-state index is 12.8. The van der Waals surface area contributed by atoms with Crippen molar-refractivity contribution >= 4 is 44.7 Å². The number of anilines is 3. The Morgan fingerprint density at radius 3 is 2.31 bits per heavy atom. The van der Waals surface area contributed by atoms with Crippen molar-refractivity contribution in [2.75, 3.05) is 30.4 Å². The summed E-state index contributed by atoms with van der Waals surface area (Å²) in [6.07, 6.45) is 1.47. The van der Waals surface area contributed by atoms with Gasteiger partial charge in [0.25, 0.3) is 5.91 Å². The second-order valence-electron chi connectivity index (χ2n) is 6.98. The van der Waals surface area contributed by atoms with Gasteiger partial charge in [-0.15, -0.1) is 0 Å². The molecule has 1 amide bonds. The molecule has 0 aliphatic carbocycles. The zero-order valence-electron chi connectivity index (χ0n) is 18.1. The first kappa shape index (κ1) is 23.7. The Morgan fingerprint density at radius 1 is 1.03 bits per heavy atom. The van der Waals surface area contributed by atoms with E-state index >= 15 is 0 Å². The monoisotopic (exact) mass is 472 g/mol. The highest BCUT2D eigenvalue weighted by atomic mass is 35.5. The minimum absolute atomic E-state index is 0.0684. The fraction of sp³-hybridized carbons (Fsp3) is 0.217. The third-order valence-corrected chi connectivity index (χ3v) is 7.40. The Morgan fingerprint density at radius 2 is 1.72 bits per heavy atom. The summed E-state index contributed by atoms with van der Waals surface area (Å²) in [7, 11) is -1.79. The van der Waals surface area contributed by atoms with Crippen LogP contribution in [0.4, 0.5) is 17.2 Å². The number of sulfonamides is 1. The van der Waals surface area contributed by atoms with Crippen LogP contribution in [0.1, 0.15) is 24.2 Å². The molecule has 1 aromatic heterocycles. The number of rotatable bonds is 8. The lowest BCUT2D eigenvalue weighted by Crippen LogP contribution is -2.30. The van der Waals surface area contributed by atoms with Gasteiger partial charge in [0.05, 0.1) is 21.2 Å². The maximum atomic E-state index is 12.8. The molecule has 0 unspecified atom stereocenters. The van der Waals surface area contributed by atoms with Gasteiger partial charge in [0.15, 0.2) is 0 Å². The molecule has 168 valence electrons. The highest BCUT2D eigenvalue weighted by Crippen LogP contribution is 2.28. The van der Waals surface area contributed by atoms with Crippen LogP contribution in [-0.2, 0) is 10.0 Å². The summed E-state index contributed by atoms with van der Waals surface area (Å²) < 4.78 is 26.9. The molecule has 0 aliphatic rings. The van der Waals surface area contributed by atoms with E-state index in [1.54, 1.807) is 26.0 Å². The van der Waals surface area contributed by atoms with E-state index in [9.17, 15) is 13.2 Å². The second kappa shape index (κ2) is 10.1. The molecule has 0 fully saturated rings. The second-order valence-corrected chi connectivity index (χ2v) is 9.33. The van der Waals surface area contributed by atoms with Crippen molar-refractivity contribution in [1.29, 1.82) is 0 Å². The lowest BCUT2D eigenvalue weighted by molar-refractivity contribution is 0.102. The molecule has 1 N–H and O–H groups in total. The van der Waals surface area contributed by atoms with E-state index in [-0.39, 0.29) is 15.6 Å². The topological polar surface area (TPSA) is 82.6 Å². The Labute approximate surface area is 193 Å². The number of para-hydroxylation sites is 1. The van der Waals surface area contributed by atoms with E-state index in [2.05, 4.69) is 10.3 Å². The fourth-order valence-corrected chi connectivity index (χ4v) is 4.82. The Kier molecular flexibility index (Phi) is 7.50. The number of carbonyl (C=O) groups is 1. The van der Waals surface area contributed by atoms with Gasteiger partial charge in [-0.3, -0.25) is 4.79 Å². The normalized spacial score (nSPS) is 11.4. The van der Waals surface area contributed by atoms with Crippen LogP contribution in [0.15, 0.2) is 71.8 Å². The standard InChI is InChI=1S/C23H25ClN4O3S/c1-4-28(5-2)32(30,31)19-12-13-20(24)21(15-19)26-23(29)17-11-14-22(25-16-17)27(3)18-9-7-6-8-10-18/h6-16H,4-5H2,1-3H3,(H,26,29). The van der Waals surface area contributed by atoms with Crippen LogP contribution in [0.25, 0.3) is 0 Å². The van der Waals surface area contributed by atoms with E-state index in [1.165, 1.54) is 28.7 Å². The van der Waals surface area contributed by atoms with Gasteiger partial charge in [0.1, 0.15) is 5.82 Å². The van der Waals surface area contributed by atoms with Crippen molar-refractivity contribution in [2.24, 2.45) is 0 Å². The number of nitrogens with one attached hydrogen (secondary N) is 1. The average molecular weight is 473 g/mol. The zero-order valence-corrected chi connectivity index (χ0v) is 19.7. The van der Waals surface area contributed by atoms with Crippen molar-refractivity contribution in [1.82, 2.24) is 9.29 Å². The van der Waals surface area contributed by atoms with Crippen LogP contribution in [0.3, 0.4) is 0 Å². The summed E-state index contributed by atoms with van der Waals surface area (Å²) in [5.41, 5.74) is 1.51. The van der Waals surface area contributed by atoms with Crippen molar-refractivity contribution in [3.05, 3.63) is 77.4 Å². The number of hydrogen-bond donors (Lipinski definition) is 1. The summed E-state index contributed by atoms with van der Waals surface area (Å²) in [6, 6.07) is 17.4. The molecule has 9 heteroatoms. The van der Waals surface area contributed by atoms with Crippen LogP contribution in [0, 0.1) is 0 Å². The molecule has 0 radical (unpaired) electrons. The zero-order chi connectivity index (χ0) is 23.3. The molecule has 0 atom stereocenters. The number of benzene rings is 2. The average Bonchev–Trinajstić information content (AvgIpc) is 2.81. The molecule has 0 spiro atoms. The summed E-state index contributed by atoms with van der Waals surface area (Å²) in [6.45, 7) is 4.23. The first-order valence-corrected chi connectivity index (χ1v) is 12.0. The summed E-state index contributed by atoms with van der Waals surface area (Å²) in [4.78, 5) is 19.1. The van der Waals surface area contributed by atoms with E-state index < -0.39 is 15.9 Å². The first-order valence-electron chi connectivity index (χ1n) is 10.1. The molecule has 0 saturated heterocycles. The highest BCUT2D eigenvalue weighted by molar-refractivity contribution is 7.89. The highest BCUT2D eigenvalue weighted by Gasteiger charge is 2.23. The van der Waals surface area contributed by atoms with Crippen molar-refractivity contribution in [2.45, 2.75) is 18.7 Å². The van der Waals surface area contributed by atoms with Crippen molar-refractivity contribution in [3.8, 4) is 0 Å². The fourth-order valence-electron chi connectivity index (χ4n) is 3.17. The predicted molar refractivity (Wildman–Crippen MR) is 128 cm³/mol. The van der Waals surface area contributed by atoms with E-state index in [0.717, 1.165) is 5.69 Å². The third-order valence-electron chi connectivity index (χ3n) is 5.03. The van der Waals surface area contributed by atoms with Gasteiger partial charge < -0.3 is 10.2 Å². The lowest BCUT2D eigenvalue weighted by atomic mass is 10.2. The predicted octanol–water partition coefficient (Wildman–Crippen LogP) is 4.79. The summed E-state index contributed by atoms with van der Waals surface area (Å²) >= 11 is 6.21. The smallest absolute Gasteiger partial charge is 0.257 e. The van der Waals surface area contributed by atoms with Crippen LogP contribution in [-0.4, -0.2) is 43.8 Å². The van der Waals surface area contributed by atoms with Gasteiger partial charge in [0, 0.05) is 32.0 Å². The van der Waals surface area contributed by atoms with Crippen molar-refractivity contribution < 1.29 is 13.2 Å². The molecule has 1 heterocycles. The lowest BCUT2D eigenvalue weighted by Gasteiger charge is -2.19. The minimum Gasteiger partial charge on any atom is -0.329 e. The first-order chi connectivity index (χ1) is 15.3. The van der Waals surface area contributed by atoms with Crippen LogP contribution in [0.5, 0.6) is 0 Å². The largest absolute Gasteiger partial charge is 0.329 e. The van der Waals surface area contributed by atoms with Gasteiger partial charge in [-0.2, -0.15) is 4.31 Å². The molecule has 0 bridgehead atoms. The number of aromatic nitrogens is 1. The molecule has 7 nitrogen and oxygen atoms in total. The third kappa shape index (κ3) is 5.09. The van der Waals surface area contributed by atoms with Crippen LogP contribution >= 0.6 is 11.6 Å². The molecule has 3 rings (SSSR count). The number of nitrogens with zero attached hydrogens (tertiary/aromatic N) is 3. The molecular formula is C23H25ClN4O3S. The Bertz CT molecular complexity index is 1180. The van der Waals surface area contributed by atoms with Crippen molar-refractivity contribution in [3.63, 3.8) is 0 Å². The number of pyridine rings is 1. The molecule has 32 heavy (non-hydrogen) atoms. The van der Waals surface area contributed by atoms with Gasteiger partial charge in [-0.1, -0.05) is 43.6 Å². The minimum atomic E-state index is -3.68. The number of halogens is 1. The quantitative estimate of drug-likeness (QED) is 0.509. The molecule has 3 aromatic rings. The SMILES string of the molecule is CCN(CC)S(=O)(=O)c1ccc(Cl)c(NC(=O)c2ccc(N(C)c3ccccc3)nc2)c1. The Balaban J connectivity index is 1.80. The van der Waals surface area contributed by atoms with Gasteiger partial charge in [-0.05, 0) is 42.5 Å². The molecule has 2 aromatic carbocycles. The van der Waals surface area contributed by atoms with E-state index in [0.29, 0.717) is 24.5 Å². The van der Waals surface area contributed by atoms with Gasteiger partial charge in [0.2, 0.25) is 10.0 Å². The summed E-state index contributed by atoms with van der Waals surface area (Å²) in [5, 5.41) is 2.93. The molecule has 0 aliphatic heterocycles. The molecule has 0 saturated carbocycles. The molecular weight excluding hydrogens is 448 g/mol. The van der Waals surface area contributed by atoms with Gasteiger partial charge in [-0.25, -0.2) is 13.4 Å². The summed E-state index contributed by atoms with van der Waals surface area (Å²) in [5.74, 6) is 0.240. The number of amides is 1. The maximum Gasteiger partial charge on any atom is 0.257 e. The van der Waals surface area contributed by atoms with Gasteiger partial charge >= 0.3 is 0 Å². The Hall–Kier alpha value is -2.94. The number of carbonyl (C=O) groups excluding carboxylic acids is 1. The van der Waals surface area contributed by atoms with E-state index in [4.69, 9.17) is 11.6 Å². The number of hydrogen-bond acceptors (Lipinski definition) is 5. The van der Waals surface area contributed by atoms with Crippen LogP contribution in [0.2, 0.25) is 5.02 Å². The van der Waals surface area contributed by atoms with E-state index in [1.807, 2.05) is 42.3 Å².